The number of aryl methyl sites for hydroxylation is 3. The minimum Gasteiger partial charge on any atom is -0.338 e. The lowest BCUT2D eigenvalue weighted by atomic mass is 9.97. The third kappa shape index (κ3) is 4.40. The number of hydrogen-bond acceptors (Lipinski definition) is 9. The Morgan fingerprint density at radius 1 is 1.19 bits per heavy atom. The molecule has 1 aliphatic heterocycles. The number of aromatic nitrogens is 5. The molecule has 3 aromatic heterocycles. The second-order valence-electron chi connectivity index (χ2n) is 7.48. The molecule has 4 rings (SSSR count). The van der Waals surface area contributed by atoms with E-state index in [4.69, 9.17) is 12.2 Å². The number of piperidine rings is 1. The summed E-state index contributed by atoms with van der Waals surface area (Å²) in [6.07, 6.45) is 1.54. The van der Waals surface area contributed by atoms with E-state index >= 15 is 0 Å². The molecule has 1 saturated heterocycles. The van der Waals surface area contributed by atoms with Gasteiger partial charge < -0.3 is 4.90 Å². The van der Waals surface area contributed by atoms with Gasteiger partial charge in [-0.15, -0.1) is 22.7 Å². The van der Waals surface area contributed by atoms with Crippen LogP contribution in [-0.4, -0.2) is 54.6 Å². The van der Waals surface area contributed by atoms with Crippen LogP contribution in [0.1, 0.15) is 60.3 Å². The van der Waals surface area contributed by atoms with Crippen LogP contribution in [0.3, 0.4) is 0 Å². The number of H-pyrrole nitrogens is 1. The molecular formula is C19H21N7O3S3. The summed E-state index contributed by atoms with van der Waals surface area (Å²) in [6.45, 7) is 6.53. The second kappa shape index (κ2) is 9.00. The van der Waals surface area contributed by atoms with Gasteiger partial charge in [0.1, 0.15) is 16.3 Å². The number of carbonyl (C=O) groups excluding carboxylic acids is 2. The predicted molar refractivity (Wildman–Crippen MR) is 124 cm³/mol. The Labute approximate surface area is 196 Å². The molecule has 0 saturated carbocycles. The molecule has 0 bridgehead atoms. The molecule has 1 aliphatic rings. The summed E-state index contributed by atoms with van der Waals surface area (Å²) in [6, 6.07) is 0. The maximum absolute atomic E-state index is 12.8. The molecule has 0 unspecified atom stereocenters. The van der Waals surface area contributed by atoms with Gasteiger partial charge >= 0.3 is 0 Å². The van der Waals surface area contributed by atoms with Gasteiger partial charge in [0.15, 0.2) is 0 Å². The number of aromatic amines is 1. The summed E-state index contributed by atoms with van der Waals surface area (Å²) in [5, 5.41) is 9.68. The molecule has 13 heteroatoms. The van der Waals surface area contributed by atoms with Crippen LogP contribution in [0.15, 0.2) is 10.2 Å². The summed E-state index contributed by atoms with van der Waals surface area (Å²) in [4.78, 5) is 49.0. The van der Waals surface area contributed by atoms with E-state index in [1.807, 2.05) is 18.7 Å². The van der Waals surface area contributed by atoms with Crippen molar-refractivity contribution in [1.82, 2.24) is 29.7 Å². The number of nitrogens with zero attached hydrogens (tertiary/aromatic N) is 5. The van der Waals surface area contributed by atoms with Crippen LogP contribution in [0, 0.1) is 25.5 Å². The third-order valence-corrected chi connectivity index (χ3v) is 7.57. The number of thiazole rings is 2. The number of carbonyl (C=O) groups is 2. The summed E-state index contributed by atoms with van der Waals surface area (Å²) in [7, 11) is 0. The van der Waals surface area contributed by atoms with Crippen LogP contribution in [0.2, 0.25) is 0 Å². The minimum atomic E-state index is -0.525. The van der Waals surface area contributed by atoms with Gasteiger partial charge in [-0.25, -0.2) is 9.97 Å². The number of likely N-dealkylation sites (tertiary alicyclic amines) is 1. The van der Waals surface area contributed by atoms with Crippen molar-refractivity contribution < 1.29 is 9.59 Å². The highest BCUT2D eigenvalue weighted by molar-refractivity contribution is 7.71. The van der Waals surface area contributed by atoms with Crippen molar-refractivity contribution in [3.8, 4) is 0 Å². The van der Waals surface area contributed by atoms with Crippen LogP contribution in [0.25, 0.3) is 0 Å². The van der Waals surface area contributed by atoms with Crippen molar-refractivity contribution in [3.05, 3.63) is 52.5 Å². The summed E-state index contributed by atoms with van der Waals surface area (Å²) in [5.41, 5.74) is 3.15. The third-order valence-electron chi connectivity index (χ3n) is 5.23. The topological polar surface area (TPSA) is 126 Å². The fourth-order valence-corrected chi connectivity index (χ4v) is 5.56. The molecule has 168 valence electrons. The molecule has 0 aliphatic carbocycles. The fourth-order valence-electron chi connectivity index (χ4n) is 3.53. The highest BCUT2D eigenvalue weighted by Gasteiger charge is 2.28. The number of rotatable bonds is 4. The van der Waals surface area contributed by atoms with E-state index in [0.717, 1.165) is 33.2 Å². The van der Waals surface area contributed by atoms with Gasteiger partial charge in [0.05, 0.1) is 15.7 Å². The molecule has 3 aromatic rings. The Morgan fingerprint density at radius 3 is 2.56 bits per heavy atom. The van der Waals surface area contributed by atoms with Gasteiger partial charge in [-0.1, -0.05) is 0 Å². The Kier molecular flexibility index (Phi) is 6.31. The Bertz CT molecular complexity index is 1300. The van der Waals surface area contributed by atoms with E-state index < -0.39 is 11.5 Å². The number of amides is 2. The largest absolute Gasteiger partial charge is 0.338 e. The average Bonchev–Trinajstić information content (AvgIpc) is 3.40. The summed E-state index contributed by atoms with van der Waals surface area (Å²) in [5.74, 6) is -0.327. The number of hydrogen-bond donors (Lipinski definition) is 2. The molecule has 2 amide bonds. The van der Waals surface area contributed by atoms with E-state index in [1.165, 1.54) is 29.6 Å². The van der Waals surface area contributed by atoms with Gasteiger partial charge in [0.2, 0.25) is 4.77 Å². The van der Waals surface area contributed by atoms with Crippen molar-refractivity contribution in [2.24, 2.45) is 0 Å². The maximum Gasteiger partial charge on any atom is 0.295 e. The van der Waals surface area contributed by atoms with E-state index in [-0.39, 0.29) is 28.0 Å². The smallest absolute Gasteiger partial charge is 0.295 e. The molecule has 32 heavy (non-hydrogen) atoms. The molecule has 0 radical (unpaired) electrons. The Hall–Kier alpha value is -2.77. The van der Waals surface area contributed by atoms with E-state index in [0.29, 0.717) is 18.0 Å². The van der Waals surface area contributed by atoms with E-state index in [9.17, 15) is 14.4 Å². The standard InChI is InChI=1S/C19H21N7O3S3/c1-9-14(32-11(3)20-9)18(29)25-6-4-12(5-7-25)16-21-13(8-31-16)15(27)24-26-17(28)10(2)22-23-19(26)30/h8,12H,4-7H2,1-3H3,(H,23,30)(H,24,27). The Balaban J connectivity index is 1.41. The first-order chi connectivity index (χ1) is 15.2. The monoisotopic (exact) mass is 491 g/mol. The first-order valence-electron chi connectivity index (χ1n) is 9.93. The highest BCUT2D eigenvalue weighted by Crippen LogP contribution is 2.31. The molecule has 4 heterocycles. The van der Waals surface area contributed by atoms with Gasteiger partial charge in [-0.3, -0.25) is 24.9 Å². The fraction of sp³-hybridized carbons (Fsp3) is 0.421. The van der Waals surface area contributed by atoms with Gasteiger partial charge in [-0.2, -0.15) is 9.77 Å². The Morgan fingerprint density at radius 2 is 1.91 bits per heavy atom. The predicted octanol–water partition coefficient (Wildman–Crippen LogP) is 2.54. The van der Waals surface area contributed by atoms with Crippen LogP contribution in [-0.2, 0) is 0 Å². The summed E-state index contributed by atoms with van der Waals surface area (Å²) < 4.78 is 0.944. The molecule has 2 N–H and O–H groups in total. The van der Waals surface area contributed by atoms with E-state index in [2.05, 4.69) is 25.6 Å². The molecule has 0 atom stereocenters. The lowest BCUT2D eigenvalue weighted by Crippen LogP contribution is -2.38. The van der Waals surface area contributed by atoms with E-state index in [1.54, 1.807) is 5.38 Å². The van der Waals surface area contributed by atoms with Crippen molar-refractivity contribution in [3.63, 3.8) is 0 Å². The first kappa shape index (κ1) is 22.4. The van der Waals surface area contributed by atoms with Crippen LogP contribution in [0.5, 0.6) is 0 Å². The van der Waals surface area contributed by atoms with Crippen molar-refractivity contribution in [2.45, 2.75) is 39.5 Å². The van der Waals surface area contributed by atoms with Gasteiger partial charge in [0, 0.05) is 24.4 Å². The summed E-state index contributed by atoms with van der Waals surface area (Å²) >= 11 is 7.86. The molecular weight excluding hydrogens is 470 g/mol. The molecule has 0 spiro atoms. The normalized spacial score (nSPS) is 14.5. The second-order valence-corrected chi connectivity index (χ2v) is 9.96. The first-order valence-corrected chi connectivity index (χ1v) is 12.0. The van der Waals surface area contributed by atoms with Crippen molar-refractivity contribution in [1.29, 1.82) is 0 Å². The number of nitrogens with one attached hydrogen (secondary N) is 2. The highest BCUT2D eigenvalue weighted by atomic mass is 32.1. The molecule has 1 fully saturated rings. The van der Waals surface area contributed by atoms with Gasteiger partial charge in [0.25, 0.3) is 17.4 Å². The van der Waals surface area contributed by atoms with Crippen LogP contribution >= 0.6 is 34.9 Å². The lowest BCUT2D eigenvalue weighted by Gasteiger charge is -2.30. The minimum absolute atomic E-state index is 0.00665. The molecule has 0 aromatic carbocycles. The quantitative estimate of drug-likeness (QED) is 0.537. The molecule has 10 nitrogen and oxygen atoms in total. The van der Waals surface area contributed by atoms with Crippen LogP contribution < -0.4 is 11.0 Å². The zero-order valence-electron chi connectivity index (χ0n) is 17.7. The maximum atomic E-state index is 12.8. The average molecular weight is 492 g/mol. The zero-order chi connectivity index (χ0) is 23.0. The van der Waals surface area contributed by atoms with Gasteiger partial charge in [-0.05, 0) is 45.8 Å². The van der Waals surface area contributed by atoms with Crippen molar-refractivity contribution in [2.75, 3.05) is 18.5 Å². The lowest BCUT2D eigenvalue weighted by molar-refractivity contribution is 0.0717. The zero-order valence-corrected chi connectivity index (χ0v) is 20.1. The SMILES string of the molecule is Cc1nc(C)c(C(=O)N2CCC(c3nc(C(=O)Nn4c(=S)[nH]nc(C)c4=O)cs3)CC2)s1. The van der Waals surface area contributed by atoms with Crippen molar-refractivity contribution >= 4 is 46.7 Å². The van der Waals surface area contributed by atoms with Crippen LogP contribution in [0.4, 0.5) is 0 Å².